The van der Waals surface area contributed by atoms with Crippen LogP contribution in [0.15, 0.2) is 97.1 Å². The second-order valence-electron chi connectivity index (χ2n) is 13.9. The fourth-order valence-corrected chi connectivity index (χ4v) is 7.53. The van der Waals surface area contributed by atoms with Crippen molar-refractivity contribution in [1.82, 2.24) is 20.2 Å². The smallest absolute Gasteiger partial charge is 0.410 e. The Morgan fingerprint density at radius 3 is 2.33 bits per heavy atom. The fraction of sp³-hybridized carbons (Fsp3) is 0.357. The number of carbonyl (C=O) groups is 1. The summed E-state index contributed by atoms with van der Waals surface area (Å²) in [4.78, 5) is 29.6. The van der Waals surface area contributed by atoms with Crippen LogP contribution in [0.25, 0.3) is 10.8 Å². The minimum absolute atomic E-state index is 0.0632. The topological polar surface area (TPSA) is 92.3 Å². The molecule has 4 heterocycles. The van der Waals surface area contributed by atoms with Crippen molar-refractivity contribution >= 4 is 28.4 Å². The lowest BCUT2D eigenvalue weighted by atomic mass is 10.0. The Morgan fingerprint density at radius 2 is 1.58 bits per heavy atom. The Hall–Kier alpha value is -5.35. The molecule has 3 aliphatic rings. The van der Waals surface area contributed by atoms with Crippen LogP contribution in [0.1, 0.15) is 42.1 Å². The van der Waals surface area contributed by atoms with E-state index in [2.05, 4.69) is 70.6 Å². The van der Waals surface area contributed by atoms with Gasteiger partial charge in [-0.1, -0.05) is 84.9 Å². The van der Waals surface area contributed by atoms with E-state index in [9.17, 15) is 4.79 Å². The second-order valence-corrected chi connectivity index (χ2v) is 13.9. The van der Waals surface area contributed by atoms with E-state index in [1.807, 2.05) is 48.5 Å². The molecule has 1 unspecified atom stereocenters. The van der Waals surface area contributed by atoms with Crippen molar-refractivity contribution in [3.63, 3.8) is 0 Å². The first-order valence-corrected chi connectivity index (χ1v) is 18.5. The molecule has 10 nitrogen and oxygen atoms in total. The lowest BCUT2D eigenvalue weighted by molar-refractivity contribution is 0.0940. The standard InChI is InChI=1S/C42H46N6O4/c1-30(37-17-10-19-43-37)52-41-44-38-27-48(39-26-34(25-33-15-8-9-16-35(33)39)50-28-31-11-4-2-5-12-31)20-18-36(38)40(45-41)46-21-23-47(24-22-46)42(49)51-29-32-13-6-3-7-14-32/h2-9,11-16,25-26,30,37,43H,10,17-24,27-29H2,1H3/t30?,37-/m1/s1. The first-order valence-electron chi connectivity index (χ1n) is 18.5. The number of aromatic nitrogens is 2. The summed E-state index contributed by atoms with van der Waals surface area (Å²) in [6.45, 7) is 7.72. The SMILES string of the molecule is CC(Oc1nc2c(c(N3CCN(C(=O)OCc4ccccc4)CC3)n1)CCN(c1cc(OCc3ccccc3)cc3ccccc13)C2)[C@H]1CCCN1. The van der Waals surface area contributed by atoms with E-state index < -0.39 is 0 Å². The van der Waals surface area contributed by atoms with Gasteiger partial charge in [-0.05, 0) is 55.3 Å². The molecule has 0 spiro atoms. The molecule has 10 heteroatoms. The quantitative estimate of drug-likeness (QED) is 0.170. The number of anilines is 2. The Kier molecular flexibility index (Phi) is 10.1. The maximum Gasteiger partial charge on any atom is 0.410 e. The number of amides is 1. The third-order valence-electron chi connectivity index (χ3n) is 10.4. The van der Waals surface area contributed by atoms with E-state index in [0.29, 0.717) is 45.3 Å². The summed E-state index contributed by atoms with van der Waals surface area (Å²) in [6.07, 6.45) is 2.65. The summed E-state index contributed by atoms with van der Waals surface area (Å²) in [5.41, 5.74) is 5.36. The van der Waals surface area contributed by atoms with E-state index >= 15 is 0 Å². The molecule has 5 aromatic rings. The van der Waals surface area contributed by atoms with E-state index in [4.69, 9.17) is 24.2 Å². The summed E-state index contributed by atoms with van der Waals surface area (Å²) in [7, 11) is 0. The highest BCUT2D eigenvalue weighted by molar-refractivity contribution is 5.96. The van der Waals surface area contributed by atoms with Gasteiger partial charge < -0.3 is 34.2 Å². The molecule has 1 amide bonds. The Balaban J connectivity index is 1.04. The number of nitrogens with one attached hydrogen (secondary N) is 1. The average Bonchev–Trinajstić information content (AvgIpc) is 3.75. The molecule has 268 valence electrons. The van der Waals surface area contributed by atoms with E-state index in [0.717, 1.165) is 77.4 Å². The molecule has 1 N–H and O–H groups in total. The zero-order chi connectivity index (χ0) is 35.3. The van der Waals surface area contributed by atoms with Crippen LogP contribution >= 0.6 is 0 Å². The Bertz CT molecular complexity index is 1980. The van der Waals surface area contributed by atoms with Crippen molar-refractivity contribution < 1.29 is 19.0 Å². The molecule has 3 aliphatic heterocycles. The molecule has 1 aromatic heterocycles. The number of ether oxygens (including phenoxy) is 3. The largest absolute Gasteiger partial charge is 0.489 e. The van der Waals surface area contributed by atoms with Gasteiger partial charge in [0.2, 0.25) is 0 Å². The van der Waals surface area contributed by atoms with Crippen molar-refractivity contribution in [2.75, 3.05) is 49.1 Å². The number of fused-ring (bicyclic) bond motifs is 2. The number of benzene rings is 4. The van der Waals surface area contributed by atoms with Gasteiger partial charge >= 0.3 is 12.1 Å². The third-order valence-corrected chi connectivity index (χ3v) is 10.4. The molecule has 0 aliphatic carbocycles. The lowest BCUT2D eigenvalue weighted by Crippen LogP contribution is -2.49. The molecule has 2 saturated heterocycles. The molecular weight excluding hydrogens is 652 g/mol. The highest BCUT2D eigenvalue weighted by Crippen LogP contribution is 2.37. The van der Waals surface area contributed by atoms with Crippen LogP contribution in [0.5, 0.6) is 11.8 Å². The van der Waals surface area contributed by atoms with Crippen molar-refractivity contribution in [2.24, 2.45) is 0 Å². The van der Waals surface area contributed by atoms with Crippen LogP contribution in [0.4, 0.5) is 16.3 Å². The van der Waals surface area contributed by atoms with Gasteiger partial charge in [0.05, 0.1) is 12.2 Å². The molecule has 2 fully saturated rings. The van der Waals surface area contributed by atoms with Crippen molar-refractivity contribution in [1.29, 1.82) is 0 Å². The molecule has 52 heavy (non-hydrogen) atoms. The summed E-state index contributed by atoms with van der Waals surface area (Å²) in [6, 6.07) is 33.5. The molecule has 2 atom stereocenters. The van der Waals surface area contributed by atoms with Gasteiger partial charge in [0.15, 0.2) is 0 Å². The molecule has 0 bridgehead atoms. The highest BCUT2D eigenvalue weighted by atomic mass is 16.6. The molecular formula is C42H46N6O4. The molecule has 8 rings (SSSR count). The minimum Gasteiger partial charge on any atom is -0.489 e. The number of carbonyl (C=O) groups excluding carboxylic acids is 1. The first kappa shape index (κ1) is 33.8. The summed E-state index contributed by atoms with van der Waals surface area (Å²) >= 11 is 0. The van der Waals surface area contributed by atoms with Crippen LogP contribution < -0.4 is 24.6 Å². The monoisotopic (exact) mass is 698 g/mol. The van der Waals surface area contributed by atoms with Crippen LogP contribution in [-0.2, 0) is 30.9 Å². The van der Waals surface area contributed by atoms with E-state index in [-0.39, 0.29) is 24.8 Å². The summed E-state index contributed by atoms with van der Waals surface area (Å²) in [5, 5.41) is 5.88. The van der Waals surface area contributed by atoms with Gasteiger partial charge in [-0.3, -0.25) is 0 Å². The zero-order valence-electron chi connectivity index (χ0n) is 29.7. The van der Waals surface area contributed by atoms with Gasteiger partial charge in [-0.2, -0.15) is 9.97 Å². The maximum atomic E-state index is 13.0. The number of rotatable bonds is 10. The number of hydrogen-bond acceptors (Lipinski definition) is 9. The number of nitrogens with zero attached hydrogens (tertiary/aromatic N) is 5. The van der Waals surface area contributed by atoms with Gasteiger partial charge in [0.1, 0.15) is 30.9 Å². The number of hydrogen-bond donors (Lipinski definition) is 1. The molecule has 0 radical (unpaired) electrons. The maximum absolute atomic E-state index is 13.0. The average molecular weight is 699 g/mol. The van der Waals surface area contributed by atoms with Crippen molar-refractivity contribution in [2.45, 2.75) is 58.1 Å². The van der Waals surface area contributed by atoms with Gasteiger partial charge in [0.25, 0.3) is 0 Å². The van der Waals surface area contributed by atoms with Crippen LogP contribution in [0, 0.1) is 0 Å². The van der Waals surface area contributed by atoms with Crippen molar-refractivity contribution in [3.8, 4) is 11.8 Å². The zero-order valence-corrected chi connectivity index (χ0v) is 29.7. The predicted octanol–water partition coefficient (Wildman–Crippen LogP) is 6.75. The Morgan fingerprint density at radius 1 is 0.846 bits per heavy atom. The normalized spacial score (nSPS) is 17.9. The van der Waals surface area contributed by atoms with Crippen LogP contribution in [0.2, 0.25) is 0 Å². The van der Waals surface area contributed by atoms with Crippen LogP contribution in [0.3, 0.4) is 0 Å². The van der Waals surface area contributed by atoms with Gasteiger partial charge in [-0.15, -0.1) is 0 Å². The van der Waals surface area contributed by atoms with Crippen molar-refractivity contribution in [3.05, 3.63) is 119 Å². The van der Waals surface area contributed by atoms with E-state index in [1.54, 1.807) is 4.90 Å². The van der Waals surface area contributed by atoms with Gasteiger partial charge in [0, 0.05) is 61.5 Å². The van der Waals surface area contributed by atoms with Gasteiger partial charge in [-0.25, -0.2) is 4.79 Å². The lowest BCUT2D eigenvalue weighted by Gasteiger charge is -2.38. The first-order chi connectivity index (χ1) is 25.6. The minimum atomic E-state index is -0.284. The molecule has 0 saturated carbocycles. The van der Waals surface area contributed by atoms with Crippen LogP contribution in [-0.4, -0.2) is 72.4 Å². The highest BCUT2D eigenvalue weighted by Gasteiger charge is 2.31. The fourth-order valence-electron chi connectivity index (χ4n) is 7.53. The summed E-state index contributed by atoms with van der Waals surface area (Å²) in [5.74, 6) is 1.75. The second kappa shape index (κ2) is 15.5. The van der Waals surface area contributed by atoms with E-state index in [1.165, 1.54) is 5.39 Å². The third kappa shape index (κ3) is 7.62. The summed E-state index contributed by atoms with van der Waals surface area (Å²) < 4.78 is 18.5. The molecule has 4 aromatic carbocycles. The Labute approximate surface area is 305 Å². The predicted molar refractivity (Wildman–Crippen MR) is 203 cm³/mol. The number of piperazine rings is 1.